The maximum atomic E-state index is 13.2. The van der Waals surface area contributed by atoms with Crippen molar-refractivity contribution < 1.29 is 19.1 Å². The van der Waals surface area contributed by atoms with Gasteiger partial charge < -0.3 is 9.47 Å². The Morgan fingerprint density at radius 2 is 1.61 bits per heavy atom. The lowest BCUT2D eigenvalue weighted by Gasteiger charge is -2.47. The topological polar surface area (TPSA) is 55.8 Å². The van der Waals surface area contributed by atoms with E-state index in [-0.39, 0.29) is 36.5 Å². The molecule has 0 radical (unpaired) electrons. The molecule has 2 aliphatic heterocycles. The molecule has 5 heteroatoms. The summed E-state index contributed by atoms with van der Waals surface area (Å²) < 4.78 is 11.3. The van der Waals surface area contributed by atoms with Gasteiger partial charge in [-0.2, -0.15) is 0 Å². The highest BCUT2D eigenvalue weighted by atomic mass is 16.6. The highest BCUT2D eigenvalue weighted by Gasteiger charge is 2.44. The maximum Gasteiger partial charge on any atom is 0.410 e. The fourth-order valence-corrected chi connectivity index (χ4v) is 4.73. The van der Waals surface area contributed by atoms with E-state index < -0.39 is 0 Å². The number of hydrogen-bond donors (Lipinski definition) is 0. The molecule has 4 rings (SSSR count). The number of carbonyl (C=O) groups excluding carboxylic acids is 2. The second-order valence-corrected chi connectivity index (χ2v) is 9.12. The number of rotatable bonds is 6. The number of carbonyl (C=O) groups is 2. The van der Waals surface area contributed by atoms with Crippen LogP contribution in [0.25, 0.3) is 0 Å². The molecule has 0 aliphatic carbocycles. The SMILES string of the molecule is CC(C)Cc1ccc(C(=O)C2CC3COCC(C2)N3C(=O)OCc2ccccc2)cc1. The third-order valence-corrected chi connectivity index (χ3v) is 6.19. The molecular weight excluding hydrogens is 390 g/mol. The van der Waals surface area contributed by atoms with Crippen LogP contribution in [-0.2, 0) is 22.5 Å². The molecule has 0 spiro atoms. The van der Waals surface area contributed by atoms with Crippen LogP contribution < -0.4 is 0 Å². The lowest BCUT2D eigenvalue weighted by Crippen LogP contribution is -2.59. The van der Waals surface area contributed by atoms with Crippen LogP contribution in [0.1, 0.15) is 48.2 Å². The van der Waals surface area contributed by atoms with E-state index in [0.29, 0.717) is 32.0 Å². The Bertz CT molecular complexity index is 879. The van der Waals surface area contributed by atoms with Gasteiger partial charge in [-0.1, -0.05) is 68.4 Å². The van der Waals surface area contributed by atoms with Gasteiger partial charge in [0.1, 0.15) is 6.61 Å². The van der Waals surface area contributed by atoms with Gasteiger partial charge >= 0.3 is 6.09 Å². The Morgan fingerprint density at radius 1 is 0.968 bits per heavy atom. The molecule has 2 bridgehead atoms. The van der Waals surface area contributed by atoms with E-state index in [1.165, 1.54) is 5.56 Å². The zero-order valence-electron chi connectivity index (χ0n) is 18.3. The average molecular weight is 422 g/mol. The van der Waals surface area contributed by atoms with Crippen molar-refractivity contribution in [3.05, 3.63) is 71.3 Å². The summed E-state index contributed by atoms with van der Waals surface area (Å²) in [5, 5.41) is 0. The summed E-state index contributed by atoms with van der Waals surface area (Å²) in [4.78, 5) is 27.8. The molecule has 2 saturated heterocycles. The number of nitrogens with zero attached hydrogens (tertiary/aromatic N) is 1. The number of ether oxygens (including phenoxy) is 2. The predicted octanol–water partition coefficient (Wildman–Crippen LogP) is 4.88. The molecule has 31 heavy (non-hydrogen) atoms. The van der Waals surface area contributed by atoms with Crippen molar-refractivity contribution in [1.29, 1.82) is 0 Å². The maximum absolute atomic E-state index is 13.2. The van der Waals surface area contributed by atoms with Gasteiger partial charge in [0.25, 0.3) is 0 Å². The summed E-state index contributed by atoms with van der Waals surface area (Å²) in [6, 6.07) is 17.5. The molecule has 164 valence electrons. The minimum Gasteiger partial charge on any atom is -0.445 e. The van der Waals surface area contributed by atoms with Crippen LogP contribution in [0.4, 0.5) is 4.79 Å². The second-order valence-electron chi connectivity index (χ2n) is 9.12. The first-order valence-electron chi connectivity index (χ1n) is 11.2. The molecule has 0 aromatic heterocycles. The van der Waals surface area contributed by atoms with Crippen molar-refractivity contribution in [2.24, 2.45) is 11.8 Å². The minimum absolute atomic E-state index is 0.0898. The summed E-state index contributed by atoms with van der Waals surface area (Å²) in [6.45, 7) is 5.54. The molecule has 2 heterocycles. The number of fused-ring (bicyclic) bond motifs is 2. The summed E-state index contributed by atoms with van der Waals surface area (Å²) in [7, 11) is 0. The Morgan fingerprint density at radius 3 is 2.23 bits per heavy atom. The molecule has 2 unspecified atom stereocenters. The number of Topliss-reactive ketones (excluding diaryl/α,β-unsaturated/α-hetero) is 1. The van der Waals surface area contributed by atoms with Crippen molar-refractivity contribution in [3.8, 4) is 0 Å². The molecule has 2 aliphatic rings. The number of amides is 1. The van der Waals surface area contributed by atoms with Crippen molar-refractivity contribution in [3.63, 3.8) is 0 Å². The molecular formula is C26H31NO4. The van der Waals surface area contributed by atoms with Gasteiger partial charge in [0.2, 0.25) is 0 Å². The summed E-state index contributed by atoms with van der Waals surface area (Å²) in [6.07, 6.45) is 1.93. The van der Waals surface area contributed by atoms with E-state index in [9.17, 15) is 9.59 Å². The number of hydrogen-bond acceptors (Lipinski definition) is 4. The van der Waals surface area contributed by atoms with E-state index in [1.807, 2.05) is 47.4 Å². The Hall–Kier alpha value is -2.66. The zero-order chi connectivity index (χ0) is 21.8. The van der Waals surface area contributed by atoms with Gasteiger partial charge in [-0.05, 0) is 36.3 Å². The predicted molar refractivity (Wildman–Crippen MR) is 119 cm³/mol. The molecule has 2 atom stereocenters. The standard InChI is InChI=1S/C26H31NO4/c1-18(2)12-19-8-10-21(11-9-19)25(28)22-13-23-16-30-17-24(14-22)27(23)26(29)31-15-20-6-4-3-5-7-20/h3-11,18,22-24H,12-17H2,1-2H3. The molecule has 2 aromatic carbocycles. The van der Waals surface area contributed by atoms with Gasteiger partial charge in [-0.15, -0.1) is 0 Å². The van der Waals surface area contributed by atoms with Gasteiger partial charge in [-0.3, -0.25) is 9.69 Å². The van der Waals surface area contributed by atoms with Gasteiger partial charge in [-0.25, -0.2) is 4.79 Å². The van der Waals surface area contributed by atoms with Gasteiger partial charge in [0.15, 0.2) is 5.78 Å². The summed E-state index contributed by atoms with van der Waals surface area (Å²) in [5.41, 5.74) is 2.98. The normalized spacial score (nSPS) is 22.9. The zero-order valence-corrected chi connectivity index (χ0v) is 18.3. The van der Waals surface area contributed by atoms with Gasteiger partial charge in [0.05, 0.1) is 25.3 Å². The van der Waals surface area contributed by atoms with E-state index in [2.05, 4.69) is 26.0 Å². The van der Waals surface area contributed by atoms with Crippen molar-refractivity contribution in [2.45, 2.75) is 51.8 Å². The third kappa shape index (κ3) is 5.16. The molecule has 2 fully saturated rings. The fraction of sp³-hybridized carbons (Fsp3) is 0.462. The minimum atomic E-state index is -0.314. The molecule has 0 saturated carbocycles. The molecule has 2 aromatic rings. The third-order valence-electron chi connectivity index (χ3n) is 6.19. The lowest BCUT2D eigenvalue weighted by atomic mass is 9.80. The smallest absolute Gasteiger partial charge is 0.410 e. The molecule has 0 N–H and O–H groups in total. The monoisotopic (exact) mass is 421 g/mol. The quantitative estimate of drug-likeness (QED) is 0.624. The largest absolute Gasteiger partial charge is 0.445 e. The summed E-state index contributed by atoms with van der Waals surface area (Å²) in [5.74, 6) is 0.672. The van der Waals surface area contributed by atoms with Crippen molar-refractivity contribution in [2.75, 3.05) is 13.2 Å². The van der Waals surface area contributed by atoms with Crippen LogP contribution in [0.15, 0.2) is 54.6 Å². The van der Waals surface area contributed by atoms with Crippen LogP contribution in [0.3, 0.4) is 0 Å². The first-order valence-corrected chi connectivity index (χ1v) is 11.2. The fourth-order valence-electron chi connectivity index (χ4n) is 4.73. The number of benzene rings is 2. The van der Waals surface area contributed by atoms with E-state index in [1.54, 1.807) is 0 Å². The van der Waals surface area contributed by atoms with Crippen LogP contribution in [0.5, 0.6) is 0 Å². The lowest BCUT2D eigenvalue weighted by molar-refractivity contribution is -0.0755. The number of morpholine rings is 1. The average Bonchev–Trinajstić information content (AvgIpc) is 2.77. The van der Waals surface area contributed by atoms with Crippen LogP contribution in [-0.4, -0.2) is 42.1 Å². The van der Waals surface area contributed by atoms with E-state index in [0.717, 1.165) is 17.5 Å². The highest BCUT2D eigenvalue weighted by molar-refractivity contribution is 5.98. The Labute approximate surface area is 184 Å². The second kappa shape index (κ2) is 9.65. The van der Waals surface area contributed by atoms with Crippen molar-refractivity contribution in [1.82, 2.24) is 4.90 Å². The summed E-state index contributed by atoms with van der Waals surface area (Å²) >= 11 is 0. The Kier molecular flexibility index (Phi) is 6.71. The van der Waals surface area contributed by atoms with E-state index >= 15 is 0 Å². The van der Waals surface area contributed by atoms with Crippen molar-refractivity contribution >= 4 is 11.9 Å². The Balaban J connectivity index is 1.39. The number of ketones is 1. The number of piperidine rings is 1. The van der Waals surface area contributed by atoms with E-state index in [4.69, 9.17) is 9.47 Å². The molecule has 5 nitrogen and oxygen atoms in total. The van der Waals surface area contributed by atoms with Gasteiger partial charge in [0, 0.05) is 11.5 Å². The van der Waals surface area contributed by atoms with Crippen LogP contribution >= 0.6 is 0 Å². The van der Waals surface area contributed by atoms with Crippen LogP contribution in [0.2, 0.25) is 0 Å². The molecule has 1 amide bonds. The highest BCUT2D eigenvalue weighted by Crippen LogP contribution is 2.34. The first-order chi connectivity index (χ1) is 15.0. The first kappa shape index (κ1) is 21.6. The van der Waals surface area contributed by atoms with Crippen LogP contribution in [0, 0.1) is 11.8 Å².